The largest absolute Gasteiger partial charge is 0.310 e. The number of para-hydroxylation sites is 3. The average Bonchev–Trinajstić information content (AvgIpc) is 3.00. The Kier molecular flexibility index (Phi) is 5.80. The van der Waals surface area contributed by atoms with Gasteiger partial charge in [0, 0.05) is 51.2 Å². The van der Waals surface area contributed by atoms with Gasteiger partial charge in [-0.15, -0.1) is 0 Å². The SMILES string of the molecule is c1ccc(N2c3cccc(c3)N(c3ccccc3)c3cccc(c3)N(c3ccccc3)c3cccc2c3)cc1. The van der Waals surface area contributed by atoms with Gasteiger partial charge in [0.15, 0.2) is 0 Å². The summed E-state index contributed by atoms with van der Waals surface area (Å²) in [5, 5.41) is 0. The summed E-state index contributed by atoms with van der Waals surface area (Å²) < 4.78 is 0. The Morgan fingerprint density at radius 3 is 0.641 bits per heavy atom. The minimum absolute atomic E-state index is 1.10. The molecule has 0 spiro atoms. The molecule has 186 valence electrons. The minimum atomic E-state index is 1.10. The summed E-state index contributed by atoms with van der Waals surface area (Å²) in [4.78, 5) is 6.99. The molecule has 0 aromatic heterocycles. The number of hydrogen-bond acceptors (Lipinski definition) is 3. The van der Waals surface area contributed by atoms with Crippen LogP contribution in [0.2, 0.25) is 0 Å². The third-order valence-corrected chi connectivity index (χ3v) is 7.08. The van der Waals surface area contributed by atoms with Crippen molar-refractivity contribution < 1.29 is 0 Å². The molecule has 0 unspecified atom stereocenters. The Labute approximate surface area is 229 Å². The van der Waals surface area contributed by atoms with Gasteiger partial charge < -0.3 is 14.7 Å². The standard InChI is InChI=1S/C36H27N3/c1-4-13-28(14-5-1)37-31-19-10-21-33(25-31)38(29-15-6-2-7-16-29)35-23-12-24-36(27-35)39(30-17-8-3-9-18-30)34-22-11-20-32(37)26-34/h1-27H. The van der Waals surface area contributed by atoms with Gasteiger partial charge in [0.25, 0.3) is 0 Å². The number of hydrogen-bond donors (Lipinski definition) is 0. The summed E-state index contributed by atoms with van der Waals surface area (Å²) in [7, 11) is 0. The normalized spacial score (nSPS) is 12.5. The Morgan fingerprint density at radius 1 is 0.205 bits per heavy atom. The molecule has 6 aromatic rings. The van der Waals surface area contributed by atoms with Gasteiger partial charge >= 0.3 is 0 Å². The molecule has 0 aliphatic carbocycles. The molecule has 1 heterocycles. The fourth-order valence-corrected chi connectivity index (χ4v) is 5.39. The first-order chi connectivity index (χ1) is 19.3. The van der Waals surface area contributed by atoms with E-state index >= 15 is 0 Å². The third kappa shape index (κ3) is 4.30. The van der Waals surface area contributed by atoms with E-state index in [4.69, 9.17) is 0 Å². The van der Waals surface area contributed by atoms with Crippen LogP contribution < -0.4 is 14.7 Å². The summed E-state index contributed by atoms with van der Waals surface area (Å²) in [6, 6.07) is 58.1. The molecule has 6 bridgehead atoms. The van der Waals surface area contributed by atoms with Crippen LogP contribution in [-0.2, 0) is 0 Å². The highest BCUT2D eigenvalue weighted by Crippen LogP contribution is 2.45. The maximum absolute atomic E-state index is 2.33. The lowest BCUT2D eigenvalue weighted by Gasteiger charge is -2.33. The number of fused-ring (bicyclic) bond motifs is 6. The number of rotatable bonds is 3. The van der Waals surface area contributed by atoms with E-state index in [1.54, 1.807) is 0 Å². The first-order valence-electron chi connectivity index (χ1n) is 13.2. The molecule has 39 heavy (non-hydrogen) atoms. The van der Waals surface area contributed by atoms with Crippen LogP contribution in [-0.4, -0.2) is 0 Å². The molecule has 0 N–H and O–H groups in total. The van der Waals surface area contributed by atoms with Crippen molar-refractivity contribution in [2.45, 2.75) is 0 Å². The Balaban J connectivity index is 1.55. The molecular formula is C36H27N3. The highest BCUT2D eigenvalue weighted by molar-refractivity contribution is 5.88. The van der Waals surface area contributed by atoms with Crippen molar-refractivity contribution >= 4 is 51.2 Å². The second-order valence-electron chi connectivity index (χ2n) is 9.57. The smallest absolute Gasteiger partial charge is 0.0482 e. The Morgan fingerprint density at radius 2 is 0.410 bits per heavy atom. The first-order valence-corrected chi connectivity index (χ1v) is 13.2. The van der Waals surface area contributed by atoms with Gasteiger partial charge in [-0.3, -0.25) is 0 Å². The minimum Gasteiger partial charge on any atom is -0.310 e. The predicted molar refractivity (Wildman–Crippen MR) is 164 cm³/mol. The fourth-order valence-electron chi connectivity index (χ4n) is 5.39. The molecule has 1 aliphatic heterocycles. The van der Waals surface area contributed by atoms with Crippen molar-refractivity contribution in [1.82, 2.24) is 0 Å². The van der Waals surface area contributed by atoms with Crippen LogP contribution in [0.1, 0.15) is 0 Å². The van der Waals surface area contributed by atoms with Crippen LogP contribution in [0.25, 0.3) is 0 Å². The third-order valence-electron chi connectivity index (χ3n) is 7.08. The van der Waals surface area contributed by atoms with E-state index in [0.717, 1.165) is 51.2 Å². The van der Waals surface area contributed by atoms with Crippen LogP contribution in [0.3, 0.4) is 0 Å². The highest BCUT2D eigenvalue weighted by Gasteiger charge is 2.21. The van der Waals surface area contributed by atoms with Crippen molar-refractivity contribution in [2.24, 2.45) is 0 Å². The van der Waals surface area contributed by atoms with E-state index in [9.17, 15) is 0 Å². The summed E-state index contributed by atoms with van der Waals surface area (Å²) in [6.07, 6.45) is 0. The van der Waals surface area contributed by atoms with Crippen molar-refractivity contribution in [3.8, 4) is 0 Å². The first kappa shape index (κ1) is 22.9. The van der Waals surface area contributed by atoms with E-state index in [2.05, 4.69) is 178 Å². The second kappa shape index (κ2) is 9.88. The molecule has 0 saturated carbocycles. The second-order valence-corrected chi connectivity index (χ2v) is 9.57. The van der Waals surface area contributed by atoms with E-state index in [0.29, 0.717) is 0 Å². The van der Waals surface area contributed by atoms with Gasteiger partial charge in [0.2, 0.25) is 0 Å². The highest BCUT2D eigenvalue weighted by atomic mass is 15.2. The Hall–Kier alpha value is -5.28. The molecule has 3 nitrogen and oxygen atoms in total. The topological polar surface area (TPSA) is 9.72 Å². The van der Waals surface area contributed by atoms with Crippen molar-refractivity contribution in [2.75, 3.05) is 14.7 Å². The van der Waals surface area contributed by atoms with E-state index < -0.39 is 0 Å². The Bertz CT molecular complexity index is 1450. The number of nitrogens with zero attached hydrogens (tertiary/aromatic N) is 3. The molecule has 1 aliphatic rings. The van der Waals surface area contributed by atoms with Gasteiger partial charge in [-0.05, 0) is 91.0 Å². The molecule has 3 heteroatoms. The summed E-state index contributed by atoms with van der Waals surface area (Å²) in [5.41, 5.74) is 9.92. The lowest BCUT2D eigenvalue weighted by molar-refractivity contribution is 1.22. The van der Waals surface area contributed by atoms with E-state index in [1.165, 1.54) is 0 Å². The van der Waals surface area contributed by atoms with E-state index in [-0.39, 0.29) is 0 Å². The molecule has 0 fully saturated rings. The molecular weight excluding hydrogens is 474 g/mol. The van der Waals surface area contributed by atoms with Crippen LogP contribution in [0, 0.1) is 0 Å². The van der Waals surface area contributed by atoms with Crippen LogP contribution >= 0.6 is 0 Å². The zero-order valence-corrected chi connectivity index (χ0v) is 21.4. The average molecular weight is 502 g/mol. The van der Waals surface area contributed by atoms with Gasteiger partial charge in [-0.1, -0.05) is 72.8 Å². The van der Waals surface area contributed by atoms with Gasteiger partial charge in [0.1, 0.15) is 0 Å². The fraction of sp³-hybridized carbons (Fsp3) is 0. The maximum atomic E-state index is 2.33. The van der Waals surface area contributed by atoms with Crippen LogP contribution in [0.15, 0.2) is 164 Å². The van der Waals surface area contributed by atoms with Crippen molar-refractivity contribution in [3.05, 3.63) is 164 Å². The molecule has 7 rings (SSSR count). The summed E-state index contributed by atoms with van der Waals surface area (Å²) in [6.45, 7) is 0. The maximum Gasteiger partial charge on any atom is 0.0482 e. The molecule has 6 aromatic carbocycles. The quantitative estimate of drug-likeness (QED) is 0.238. The molecule has 0 radical (unpaired) electrons. The van der Waals surface area contributed by atoms with Gasteiger partial charge in [0.05, 0.1) is 0 Å². The summed E-state index contributed by atoms with van der Waals surface area (Å²) >= 11 is 0. The van der Waals surface area contributed by atoms with Gasteiger partial charge in [-0.2, -0.15) is 0 Å². The predicted octanol–water partition coefficient (Wildman–Crippen LogP) is 10.4. The van der Waals surface area contributed by atoms with E-state index in [1.807, 2.05) is 0 Å². The van der Waals surface area contributed by atoms with Crippen LogP contribution in [0.5, 0.6) is 0 Å². The zero-order valence-electron chi connectivity index (χ0n) is 21.4. The molecule has 0 amide bonds. The molecule has 0 saturated heterocycles. The zero-order chi connectivity index (χ0) is 26.0. The monoisotopic (exact) mass is 501 g/mol. The van der Waals surface area contributed by atoms with Crippen molar-refractivity contribution in [3.63, 3.8) is 0 Å². The lowest BCUT2D eigenvalue weighted by Crippen LogP contribution is -2.16. The molecule has 0 atom stereocenters. The number of anilines is 9. The number of benzene rings is 6. The summed E-state index contributed by atoms with van der Waals surface area (Å²) in [5.74, 6) is 0. The lowest BCUT2D eigenvalue weighted by atomic mass is 10.1. The van der Waals surface area contributed by atoms with Crippen LogP contribution in [0.4, 0.5) is 51.2 Å². The van der Waals surface area contributed by atoms with Gasteiger partial charge in [-0.25, -0.2) is 0 Å². The van der Waals surface area contributed by atoms with Crippen molar-refractivity contribution in [1.29, 1.82) is 0 Å².